The number of aromatic amines is 2. The van der Waals surface area contributed by atoms with Crippen molar-refractivity contribution in [3.63, 3.8) is 0 Å². The first-order chi connectivity index (χ1) is 14.6. The quantitative estimate of drug-likeness (QED) is 0.479. The first-order valence-corrected chi connectivity index (χ1v) is 9.99. The predicted octanol–water partition coefficient (Wildman–Crippen LogP) is 2.44. The minimum Gasteiger partial charge on any atom is -0.382 e. The summed E-state index contributed by atoms with van der Waals surface area (Å²) in [4.78, 5) is 26.9. The van der Waals surface area contributed by atoms with Gasteiger partial charge in [0.1, 0.15) is 17.9 Å². The SMILES string of the molecule is COCC(=O)N1CCC[C@@H](c2nc3c(N)nc4cc(-c5cc[nH]n5)ccc4c3[nH]2)C1. The van der Waals surface area contributed by atoms with E-state index in [2.05, 4.69) is 20.2 Å². The van der Waals surface area contributed by atoms with Gasteiger partial charge < -0.3 is 20.4 Å². The maximum atomic E-state index is 12.2. The highest BCUT2D eigenvalue weighted by atomic mass is 16.5. The molecule has 154 valence electrons. The Kier molecular flexibility index (Phi) is 4.59. The molecule has 9 nitrogen and oxygen atoms in total. The number of anilines is 1. The number of methoxy groups -OCH3 is 1. The molecule has 1 fully saturated rings. The largest absolute Gasteiger partial charge is 0.382 e. The van der Waals surface area contributed by atoms with Crippen LogP contribution in [0, 0.1) is 0 Å². The summed E-state index contributed by atoms with van der Waals surface area (Å²) in [6, 6.07) is 7.93. The summed E-state index contributed by atoms with van der Waals surface area (Å²) < 4.78 is 5.00. The first kappa shape index (κ1) is 18.6. The van der Waals surface area contributed by atoms with Gasteiger partial charge in [-0.1, -0.05) is 6.07 Å². The van der Waals surface area contributed by atoms with Gasteiger partial charge in [-0.25, -0.2) is 9.97 Å². The Morgan fingerprint density at radius 2 is 2.23 bits per heavy atom. The Labute approximate surface area is 172 Å². The monoisotopic (exact) mass is 405 g/mol. The van der Waals surface area contributed by atoms with E-state index in [1.807, 2.05) is 29.2 Å². The highest BCUT2D eigenvalue weighted by Gasteiger charge is 2.27. The number of benzene rings is 1. The molecule has 0 spiro atoms. The number of nitrogens with two attached hydrogens (primary N) is 1. The zero-order valence-electron chi connectivity index (χ0n) is 16.7. The van der Waals surface area contributed by atoms with E-state index in [0.717, 1.165) is 52.9 Å². The molecule has 1 saturated heterocycles. The Balaban J connectivity index is 1.52. The van der Waals surface area contributed by atoms with Gasteiger partial charge in [-0.3, -0.25) is 9.89 Å². The van der Waals surface area contributed by atoms with E-state index in [9.17, 15) is 4.79 Å². The van der Waals surface area contributed by atoms with Crippen molar-refractivity contribution in [1.82, 2.24) is 30.0 Å². The fraction of sp³-hybridized carbons (Fsp3) is 0.333. The molecule has 0 saturated carbocycles. The second-order valence-corrected chi connectivity index (χ2v) is 7.65. The molecule has 30 heavy (non-hydrogen) atoms. The van der Waals surface area contributed by atoms with Crippen molar-refractivity contribution in [2.45, 2.75) is 18.8 Å². The Bertz CT molecular complexity index is 1220. The van der Waals surface area contributed by atoms with Crippen molar-refractivity contribution in [3.8, 4) is 11.3 Å². The molecule has 1 aliphatic heterocycles. The van der Waals surface area contributed by atoms with Crippen LogP contribution in [0.2, 0.25) is 0 Å². The number of fused-ring (bicyclic) bond motifs is 3. The van der Waals surface area contributed by atoms with E-state index in [1.54, 1.807) is 6.20 Å². The van der Waals surface area contributed by atoms with E-state index < -0.39 is 0 Å². The number of piperidine rings is 1. The van der Waals surface area contributed by atoms with Crippen molar-refractivity contribution in [2.75, 3.05) is 32.5 Å². The molecule has 0 unspecified atom stereocenters. The van der Waals surface area contributed by atoms with Crippen LogP contribution in [0.25, 0.3) is 33.2 Å². The van der Waals surface area contributed by atoms with Crippen molar-refractivity contribution in [1.29, 1.82) is 0 Å². The number of hydrogen-bond acceptors (Lipinski definition) is 6. The Morgan fingerprint density at radius 3 is 3.03 bits per heavy atom. The summed E-state index contributed by atoms with van der Waals surface area (Å²) in [5.74, 6) is 1.38. The standard InChI is InChI=1S/C21H23N7O2/c1-30-11-17(29)28-8-2-3-13(10-28)21-25-18-14-5-4-12(15-6-7-23-27-15)9-16(14)24-20(22)19(18)26-21/h4-7,9,13H,2-3,8,10-11H2,1H3,(H2,22,24)(H,23,27)(H,25,26)/t13-/m1/s1. The molecular formula is C21H23N7O2. The number of nitrogens with one attached hydrogen (secondary N) is 2. The van der Waals surface area contributed by atoms with Crippen molar-refractivity contribution < 1.29 is 9.53 Å². The molecular weight excluding hydrogens is 382 g/mol. The molecule has 1 amide bonds. The lowest BCUT2D eigenvalue weighted by atomic mass is 9.97. The fourth-order valence-corrected chi connectivity index (χ4v) is 4.21. The van der Waals surface area contributed by atoms with Crippen molar-refractivity contribution in [3.05, 3.63) is 36.3 Å². The number of nitrogens with zero attached hydrogens (tertiary/aromatic N) is 4. The lowest BCUT2D eigenvalue weighted by molar-refractivity contribution is -0.136. The number of amides is 1. The zero-order valence-corrected chi connectivity index (χ0v) is 16.7. The zero-order chi connectivity index (χ0) is 20.7. The van der Waals surface area contributed by atoms with Crippen LogP contribution in [-0.2, 0) is 9.53 Å². The van der Waals surface area contributed by atoms with Gasteiger partial charge >= 0.3 is 0 Å². The summed E-state index contributed by atoms with van der Waals surface area (Å²) in [7, 11) is 1.54. The molecule has 0 radical (unpaired) electrons. The van der Waals surface area contributed by atoms with E-state index >= 15 is 0 Å². The maximum Gasteiger partial charge on any atom is 0.248 e. The van der Waals surface area contributed by atoms with E-state index in [0.29, 0.717) is 17.9 Å². The number of carbonyl (C=O) groups excluding carboxylic acids is 1. The van der Waals surface area contributed by atoms with Crippen molar-refractivity contribution in [2.24, 2.45) is 0 Å². The summed E-state index contributed by atoms with van der Waals surface area (Å²) in [5.41, 5.74) is 10.4. The van der Waals surface area contributed by atoms with Crippen LogP contribution in [0.15, 0.2) is 30.5 Å². The summed E-state index contributed by atoms with van der Waals surface area (Å²) in [6.07, 6.45) is 3.68. The van der Waals surface area contributed by atoms with Crippen LogP contribution in [0.5, 0.6) is 0 Å². The number of aromatic nitrogens is 5. The van der Waals surface area contributed by atoms with E-state index in [4.69, 9.17) is 15.5 Å². The minimum absolute atomic E-state index is 0.0100. The molecule has 1 aliphatic rings. The van der Waals surface area contributed by atoms with Gasteiger partial charge in [-0.05, 0) is 31.0 Å². The van der Waals surface area contributed by atoms with Crippen LogP contribution >= 0.6 is 0 Å². The number of hydrogen-bond donors (Lipinski definition) is 3. The number of pyridine rings is 1. The Morgan fingerprint density at radius 1 is 1.33 bits per heavy atom. The molecule has 9 heteroatoms. The number of likely N-dealkylation sites (tertiary alicyclic amines) is 1. The molecule has 1 atom stereocenters. The third kappa shape index (κ3) is 3.17. The number of carbonyl (C=O) groups is 1. The number of rotatable bonds is 4. The van der Waals surface area contributed by atoms with E-state index in [-0.39, 0.29) is 18.4 Å². The molecule has 5 rings (SSSR count). The van der Waals surface area contributed by atoms with Gasteiger partial charge in [-0.2, -0.15) is 5.10 Å². The van der Waals surface area contributed by atoms with Crippen LogP contribution in [0.3, 0.4) is 0 Å². The molecule has 0 aliphatic carbocycles. The summed E-state index contributed by atoms with van der Waals surface area (Å²) >= 11 is 0. The maximum absolute atomic E-state index is 12.2. The number of nitrogen functional groups attached to an aromatic ring is 1. The minimum atomic E-state index is 0.0100. The fourth-order valence-electron chi connectivity index (χ4n) is 4.21. The average molecular weight is 405 g/mol. The predicted molar refractivity (Wildman–Crippen MR) is 114 cm³/mol. The average Bonchev–Trinajstić information content (AvgIpc) is 3.44. The van der Waals surface area contributed by atoms with Gasteiger partial charge in [0.2, 0.25) is 5.91 Å². The second-order valence-electron chi connectivity index (χ2n) is 7.65. The first-order valence-electron chi connectivity index (χ1n) is 9.99. The van der Waals surface area contributed by atoms with Gasteiger partial charge in [0.05, 0.1) is 16.7 Å². The molecule has 0 bridgehead atoms. The topological polar surface area (TPSA) is 126 Å². The van der Waals surface area contributed by atoms with E-state index in [1.165, 1.54) is 7.11 Å². The van der Waals surface area contributed by atoms with Crippen molar-refractivity contribution >= 4 is 33.7 Å². The van der Waals surface area contributed by atoms with Gasteiger partial charge in [0, 0.05) is 43.3 Å². The molecule has 4 N–H and O–H groups in total. The van der Waals surface area contributed by atoms with Crippen LogP contribution in [0.1, 0.15) is 24.6 Å². The second kappa shape index (κ2) is 7.42. The summed E-state index contributed by atoms with van der Waals surface area (Å²) in [5, 5.41) is 8.02. The van der Waals surface area contributed by atoms with Gasteiger partial charge in [0.15, 0.2) is 5.82 Å². The van der Waals surface area contributed by atoms with Crippen LogP contribution in [-0.4, -0.2) is 62.8 Å². The van der Waals surface area contributed by atoms with Crippen LogP contribution in [0.4, 0.5) is 5.82 Å². The summed E-state index contributed by atoms with van der Waals surface area (Å²) in [6.45, 7) is 1.48. The van der Waals surface area contributed by atoms with Gasteiger partial charge in [-0.15, -0.1) is 0 Å². The third-order valence-corrected chi connectivity index (χ3v) is 5.70. The molecule has 3 aromatic heterocycles. The lowest BCUT2D eigenvalue weighted by Gasteiger charge is -2.31. The number of H-pyrrole nitrogens is 2. The Hall–Kier alpha value is -3.46. The molecule has 4 aromatic rings. The smallest absolute Gasteiger partial charge is 0.248 e. The highest BCUT2D eigenvalue weighted by Crippen LogP contribution is 2.32. The third-order valence-electron chi connectivity index (χ3n) is 5.70. The normalized spacial score (nSPS) is 17.1. The van der Waals surface area contributed by atoms with Crippen LogP contribution < -0.4 is 5.73 Å². The highest BCUT2D eigenvalue weighted by molar-refractivity contribution is 6.07. The number of imidazole rings is 1. The molecule has 4 heterocycles. The molecule has 1 aromatic carbocycles. The lowest BCUT2D eigenvalue weighted by Crippen LogP contribution is -2.41. The van der Waals surface area contributed by atoms with Gasteiger partial charge in [0.25, 0.3) is 0 Å². The number of ether oxygens (including phenoxy) is 1.